The molecular weight excluding hydrogens is 188 g/mol. The quantitative estimate of drug-likeness (QED) is 0.807. The van der Waals surface area contributed by atoms with Crippen LogP contribution >= 0.6 is 0 Å². The first kappa shape index (κ1) is 10.9. The molecule has 0 saturated heterocycles. The largest absolute Gasteiger partial charge is 0.383 e. The van der Waals surface area contributed by atoms with Crippen LogP contribution < -0.4 is 5.32 Å². The maximum absolute atomic E-state index is 13.1. The van der Waals surface area contributed by atoms with Gasteiger partial charge < -0.3 is 10.1 Å². The third-order valence-electron chi connectivity index (χ3n) is 1.77. The monoisotopic (exact) mass is 201 g/mol. The van der Waals surface area contributed by atoms with Gasteiger partial charge in [-0.2, -0.15) is 0 Å². The lowest BCUT2D eigenvalue weighted by molar-refractivity contribution is 0.190. The Hall–Kier alpha value is -1.16. The minimum Gasteiger partial charge on any atom is -0.383 e. The van der Waals surface area contributed by atoms with Gasteiger partial charge in [0.1, 0.15) is 17.3 Å². The summed E-state index contributed by atoms with van der Waals surface area (Å²) in [5.74, 6) is -1.18. The van der Waals surface area contributed by atoms with Crippen LogP contribution in [-0.2, 0) is 4.74 Å². The molecule has 0 bridgehead atoms. The van der Waals surface area contributed by atoms with E-state index in [9.17, 15) is 8.78 Å². The van der Waals surface area contributed by atoms with E-state index < -0.39 is 11.6 Å². The highest BCUT2D eigenvalue weighted by Crippen LogP contribution is 2.18. The van der Waals surface area contributed by atoms with Crippen molar-refractivity contribution >= 4 is 5.69 Å². The first-order valence-electron chi connectivity index (χ1n) is 4.34. The highest BCUT2D eigenvalue weighted by Gasteiger charge is 2.10. The van der Waals surface area contributed by atoms with Crippen LogP contribution in [0.3, 0.4) is 0 Å². The second kappa shape index (κ2) is 4.91. The fourth-order valence-electron chi connectivity index (χ4n) is 1.17. The second-order valence-electron chi connectivity index (χ2n) is 3.10. The van der Waals surface area contributed by atoms with Crippen LogP contribution in [0.15, 0.2) is 18.2 Å². The van der Waals surface area contributed by atoms with Gasteiger partial charge in [0, 0.05) is 13.2 Å². The van der Waals surface area contributed by atoms with E-state index in [1.54, 1.807) is 6.92 Å². The van der Waals surface area contributed by atoms with Crippen LogP contribution in [0.25, 0.3) is 0 Å². The van der Waals surface area contributed by atoms with Crippen LogP contribution in [0.5, 0.6) is 0 Å². The van der Waals surface area contributed by atoms with Crippen molar-refractivity contribution in [3.8, 4) is 0 Å². The zero-order chi connectivity index (χ0) is 10.6. The minimum absolute atomic E-state index is 0.1000. The minimum atomic E-state index is -0.590. The van der Waals surface area contributed by atoms with Crippen molar-refractivity contribution in [2.75, 3.05) is 19.0 Å². The van der Waals surface area contributed by atoms with Crippen LogP contribution in [0.4, 0.5) is 14.5 Å². The fourth-order valence-corrected chi connectivity index (χ4v) is 1.17. The average molecular weight is 201 g/mol. The molecular formula is C10H13F2NO. The molecule has 0 aliphatic heterocycles. The van der Waals surface area contributed by atoms with Gasteiger partial charge in [-0.05, 0) is 19.1 Å². The SMILES string of the molecule is COCC(C)Nc1c(F)cccc1F. The van der Waals surface area contributed by atoms with Crippen molar-refractivity contribution < 1.29 is 13.5 Å². The highest BCUT2D eigenvalue weighted by atomic mass is 19.1. The average Bonchev–Trinajstić information content (AvgIpc) is 2.12. The molecule has 1 atom stereocenters. The van der Waals surface area contributed by atoms with Gasteiger partial charge in [0.2, 0.25) is 0 Å². The smallest absolute Gasteiger partial charge is 0.149 e. The van der Waals surface area contributed by atoms with Gasteiger partial charge in [0.15, 0.2) is 0 Å². The first-order valence-corrected chi connectivity index (χ1v) is 4.34. The van der Waals surface area contributed by atoms with Crippen LogP contribution in [0.1, 0.15) is 6.92 Å². The zero-order valence-electron chi connectivity index (χ0n) is 8.18. The Balaban J connectivity index is 2.75. The number of hydrogen-bond acceptors (Lipinski definition) is 2. The highest BCUT2D eigenvalue weighted by molar-refractivity contribution is 5.46. The molecule has 1 aromatic rings. The van der Waals surface area contributed by atoms with Crippen LogP contribution in [0.2, 0.25) is 0 Å². The van der Waals surface area contributed by atoms with E-state index >= 15 is 0 Å². The Morgan fingerprint density at radius 3 is 2.43 bits per heavy atom. The van der Waals surface area contributed by atoms with E-state index in [0.717, 1.165) is 0 Å². The van der Waals surface area contributed by atoms with E-state index in [2.05, 4.69) is 5.32 Å². The number of hydrogen-bond donors (Lipinski definition) is 1. The van der Waals surface area contributed by atoms with Gasteiger partial charge in [0.05, 0.1) is 6.61 Å². The number of benzene rings is 1. The summed E-state index contributed by atoms with van der Waals surface area (Å²) in [4.78, 5) is 0. The van der Waals surface area contributed by atoms with E-state index in [1.807, 2.05) is 0 Å². The third kappa shape index (κ3) is 2.67. The Morgan fingerprint density at radius 1 is 1.36 bits per heavy atom. The van der Waals surface area contributed by atoms with Crippen molar-refractivity contribution in [1.82, 2.24) is 0 Å². The Labute approximate surface area is 81.9 Å². The lowest BCUT2D eigenvalue weighted by Gasteiger charge is -2.15. The molecule has 1 N–H and O–H groups in total. The lowest BCUT2D eigenvalue weighted by Crippen LogP contribution is -2.22. The summed E-state index contributed by atoms with van der Waals surface area (Å²) >= 11 is 0. The Kier molecular flexibility index (Phi) is 3.83. The lowest BCUT2D eigenvalue weighted by atomic mass is 10.2. The zero-order valence-corrected chi connectivity index (χ0v) is 8.18. The molecule has 1 unspecified atom stereocenters. The summed E-state index contributed by atoms with van der Waals surface area (Å²) in [5.41, 5.74) is -0.1000. The summed E-state index contributed by atoms with van der Waals surface area (Å²) in [6.45, 7) is 2.18. The summed E-state index contributed by atoms with van der Waals surface area (Å²) in [5, 5.41) is 2.70. The molecule has 4 heteroatoms. The molecule has 0 saturated carbocycles. The van der Waals surface area contributed by atoms with E-state index in [0.29, 0.717) is 6.61 Å². The number of ether oxygens (including phenoxy) is 1. The molecule has 2 nitrogen and oxygen atoms in total. The van der Waals surface area contributed by atoms with Crippen molar-refractivity contribution in [2.45, 2.75) is 13.0 Å². The molecule has 14 heavy (non-hydrogen) atoms. The number of para-hydroxylation sites is 1. The Bertz CT molecular complexity index is 284. The van der Waals surface area contributed by atoms with Crippen LogP contribution in [-0.4, -0.2) is 19.8 Å². The molecule has 0 amide bonds. The van der Waals surface area contributed by atoms with Crippen molar-refractivity contribution in [3.05, 3.63) is 29.8 Å². The number of anilines is 1. The molecule has 0 radical (unpaired) electrons. The van der Waals surface area contributed by atoms with Gasteiger partial charge in [-0.3, -0.25) is 0 Å². The Morgan fingerprint density at radius 2 is 1.93 bits per heavy atom. The molecule has 0 aromatic heterocycles. The van der Waals surface area contributed by atoms with Crippen molar-refractivity contribution in [2.24, 2.45) is 0 Å². The number of methoxy groups -OCH3 is 1. The second-order valence-corrected chi connectivity index (χ2v) is 3.10. The normalized spacial score (nSPS) is 12.6. The molecule has 0 aliphatic rings. The van der Waals surface area contributed by atoms with Gasteiger partial charge in [-0.25, -0.2) is 8.78 Å². The van der Waals surface area contributed by atoms with Gasteiger partial charge in [0.25, 0.3) is 0 Å². The maximum atomic E-state index is 13.1. The third-order valence-corrected chi connectivity index (χ3v) is 1.77. The molecule has 0 fully saturated rings. The van der Waals surface area contributed by atoms with Gasteiger partial charge in [-0.1, -0.05) is 6.07 Å². The standard InChI is InChI=1S/C10H13F2NO/c1-7(6-14-2)13-10-8(11)4-3-5-9(10)12/h3-5,7,13H,6H2,1-2H3. The number of nitrogens with one attached hydrogen (secondary N) is 1. The van der Waals surface area contributed by atoms with E-state index in [-0.39, 0.29) is 11.7 Å². The van der Waals surface area contributed by atoms with E-state index in [4.69, 9.17) is 4.74 Å². The number of rotatable bonds is 4. The summed E-state index contributed by atoms with van der Waals surface area (Å²) in [7, 11) is 1.54. The molecule has 0 spiro atoms. The summed E-state index contributed by atoms with van der Waals surface area (Å²) in [6, 6.07) is 3.62. The van der Waals surface area contributed by atoms with Gasteiger partial charge >= 0.3 is 0 Å². The first-order chi connectivity index (χ1) is 6.65. The summed E-state index contributed by atoms with van der Waals surface area (Å²) < 4.78 is 31.1. The predicted octanol–water partition coefficient (Wildman–Crippen LogP) is 2.41. The summed E-state index contributed by atoms with van der Waals surface area (Å²) in [6.07, 6.45) is 0. The topological polar surface area (TPSA) is 21.3 Å². The predicted molar refractivity (Wildman–Crippen MR) is 51.3 cm³/mol. The van der Waals surface area contributed by atoms with Crippen molar-refractivity contribution in [1.29, 1.82) is 0 Å². The molecule has 78 valence electrons. The maximum Gasteiger partial charge on any atom is 0.149 e. The molecule has 1 aromatic carbocycles. The van der Waals surface area contributed by atoms with Crippen molar-refractivity contribution in [3.63, 3.8) is 0 Å². The molecule has 0 heterocycles. The fraction of sp³-hybridized carbons (Fsp3) is 0.400. The number of halogens is 2. The van der Waals surface area contributed by atoms with E-state index in [1.165, 1.54) is 25.3 Å². The molecule has 1 rings (SSSR count). The molecule has 0 aliphatic carbocycles. The van der Waals surface area contributed by atoms with Crippen LogP contribution in [0, 0.1) is 11.6 Å². The van der Waals surface area contributed by atoms with Gasteiger partial charge in [-0.15, -0.1) is 0 Å².